The van der Waals surface area contributed by atoms with Gasteiger partial charge >= 0.3 is 11.9 Å². The van der Waals surface area contributed by atoms with Crippen LogP contribution in [-0.4, -0.2) is 41.8 Å². The Labute approximate surface area is 110 Å². The number of carboxylic acid groups (broad SMARTS) is 2. The van der Waals surface area contributed by atoms with E-state index in [4.69, 9.17) is 14.9 Å². The molecule has 6 nitrogen and oxygen atoms in total. The monoisotopic (exact) mass is 265 g/mol. The molecule has 0 aromatic heterocycles. The topological polar surface area (TPSA) is 87.1 Å². The molecule has 2 rings (SSSR count). The first kappa shape index (κ1) is 13.2. The summed E-state index contributed by atoms with van der Waals surface area (Å²) in [6.45, 7) is 0.406. The second kappa shape index (κ2) is 5.17. The first-order chi connectivity index (χ1) is 8.99. The quantitative estimate of drug-likeness (QED) is 0.856. The van der Waals surface area contributed by atoms with E-state index in [0.29, 0.717) is 24.5 Å². The van der Waals surface area contributed by atoms with Gasteiger partial charge in [-0.25, -0.2) is 4.79 Å². The van der Waals surface area contributed by atoms with Gasteiger partial charge < -0.3 is 19.8 Å². The van der Waals surface area contributed by atoms with E-state index in [9.17, 15) is 9.59 Å². The molecule has 1 aromatic rings. The van der Waals surface area contributed by atoms with Crippen molar-refractivity contribution in [3.8, 4) is 5.75 Å². The minimum Gasteiger partial charge on any atom is -0.489 e. The minimum absolute atomic E-state index is 0.0618. The van der Waals surface area contributed by atoms with E-state index in [0.717, 1.165) is 0 Å². The molecule has 1 aliphatic rings. The highest BCUT2D eigenvalue weighted by Crippen LogP contribution is 2.34. The number of benzene rings is 1. The molecule has 0 aliphatic carbocycles. The molecule has 0 fully saturated rings. The molecule has 1 aliphatic heterocycles. The van der Waals surface area contributed by atoms with Crippen molar-refractivity contribution in [1.29, 1.82) is 0 Å². The lowest BCUT2D eigenvalue weighted by atomic mass is 10.1. The van der Waals surface area contributed by atoms with Crippen LogP contribution in [0.5, 0.6) is 5.75 Å². The Morgan fingerprint density at radius 1 is 1.42 bits per heavy atom. The molecule has 0 amide bonds. The second-order valence-electron chi connectivity index (χ2n) is 4.50. The molecule has 1 atom stereocenters. The summed E-state index contributed by atoms with van der Waals surface area (Å²) in [6, 6.07) is 4.60. The fraction of sp³-hybridized carbons (Fsp3) is 0.385. The lowest BCUT2D eigenvalue weighted by Gasteiger charge is -2.35. The van der Waals surface area contributed by atoms with Crippen LogP contribution in [0.2, 0.25) is 0 Å². The van der Waals surface area contributed by atoms with Crippen LogP contribution in [0.4, 0.5) is 5.69 Å². The maximum atomic E-state index is 11.0. The van der Waals surface area contributed by atoms with Crippen molar-refractivity contribution in [3.63, 3.8) is 0 Å². The van der Waals surface area contributed by atoms with Crippen LogP contribution in [-0.2, 0) is 4.79 Å². The number of ether oxygens (including phenoxy) is 1. The Morgan fingerprint density at radius 3 is 2.79 bits per heavy atom. The second-order valence-corrected chi connectivity index (χ2v) is 4.50. The SMILES string of the molecule is CN1c2cc(C(=O)O)ccc2OCC1CCC(=O)O. The minimum atomic E-state index is -0.996. The van der Waals surface area contributed by atoms with Crippen LogP contribution in [0.3, 0.4) is 0 Å². The summed E-state index contributed by atoms with van der Waals surface area (Å²) in [6.07, 6.45) is 0.523. The number of aliphatic carboxylic acids is 1. The fourth-order valence-electron chi connectivity index (χ4n) is 2.11. The summed E-state index contributed by atoms with van der Waals surface area (Å²) < 4.78 is 5.55. The number of carboxylic acids is 2. The van der Waals surface area contributed by atoms with Crippen molar-refractivity contribution >= 4 is 17.6 Å². The van der Waals surface area contributed by atoms with Gasteiger partial charge in [0.25, 0.3) is 0 Å². The van der Waals surface area contributed by atoms with Crippen LogP contribution in [0.15, 0.2) is 18.2 Å². The summed E-state index contributed by atoms with van der Waals surface area (Å²) in [7, 11) is 1.82. The number of hydrogen-bond acceptors (Lipinski definition) is 4. The van der Waals surface area contributed by atoms with Crippen molar-refractivity contribution in [2.45, 2.75) is 18.9 Å². The molecule has 0 radical (unpaired) electrons. The molecule has 19 heavy (non-hydrogen) atoms. The Morgan fingerprint density at radius 2 is 2.16 bits per heavy atom. The molecule has 0 spiro atoms. The highest BCUT2D eigenvalue weighted by atomic mass is 16.5. The third-order valence-electron chi connectivity index (χ3n) is 3.26. The number of nitrogens with zero attached hydrogens (tertiary/aromatic N) is 1. The van der Waals surface area contributed by atoms with E-state index >= 15 is 0 Å². The van der Waals surface area contributed by atoms with E-state index in [1.54, 1.807) is 12.1 Å². The summed E-state index contributed by atoms with van der Waals surface area (Å²) >= 11 is 0. The van der Waals surface area contributed by atoms with Crippen molar-refractivity contribution in [2.24, 2.45) is 0 Å². The first-order valence-electron chi connectivity index (χ1n) is 5.94. The number of hydrogen-bond donors (Lipinski definition) is 2. The van der Waals surface area contributed by atoms with E-state index < -0.39 is 11.9 Å². The highest BCUT2D eigenvalue weighted by molar-refractivity contribution is 5.89. The maximum Gasteiger partial charge on any atom is 0.335 e. The van der Waals surface area contributed by atoms with Gasteiger partial charge in [-0.05, 0) is 24.6 Å². The molecule has 0 saturated heterocycles. The van der Waals surface area contributed by atoms with Crippen LogP contribution in [0.1, 0.15) is 23.2 Å². The number of aromatic carboxylic acids is 1. The zero-order valence-corrected chi connectivity index (χ0v) is 10.5. The molecule has 0 saturated carbocycles. The van der Waals surface area contributed by atoms with E-state index in [1.807, 2.05) is 11.9 Å². The lowest BCUT2D eigenvalue weighted by molar-refractivity contribution is -0.137. The predicted molar refractivity (Wildman–Crippen MR) is 68.0 cm³/mol. The number of anilines is 1. The molecule has 6 heteroatoms. The molecule has 2 N–H and O–H groups in total. The van der Waals surface area contributed by atoms with E-state index in [1.165, 1.54) is 6.07 Å². The van der Waals surface area contributed by atoms with Crippen LogP contribution < -0.4 is 9.64 Å². The third kappa shape index (κ3) is 2.78. The van der Waals surface area contributed by atoms with Gasteiger partial charge in [0.2, 0.25) is 0 Å². The molecule has 1 aromatic carbocycles. The van der Waals surface area contributed by atoms with Gasteiger partial charge in [-0.2, -0.15) is 0 Å². The molecular weight excluding hydrogens is 250 g/mol. The first-order valence-corrected chi connectivity index (χ1v) is 5.94. The van der Waals surface area contributed by atoms with Crippen LogP contribution in [0.25, 0.3) is 0 Å². The van der Waals surface area contributed by atoms with Gasteiger partial charge in [-0.1, -0.05) is 0 Å². The van der Waals surface area contributed by atoms with Crippen molar-refractivity contribution in [1.82, 2.24) is 0 Å². The van der Waals surface area contributed by atoms with Crippen molar-refractivity contribution in [2.75, 3.05) is 18.6 Å². The number of rotatable bonds is 4. The fourth-order valence-corrected chi connectivity index (χ4v) is 2.11. The summed E-state index contributed by atoms with van der Waals surface area (Å²) in [5.74, 6) is -1.22. The van der Waals surface area contributed by atoms with E-state index in [2.05, 4.69) is 0 Å². The van der Waals surface area contributed by atoms with Crippen LogP contribution >= 0.6 is 0 Å². The zero-order valence-electron chi connectivity index (χ0n) is 10.5. The van der Waals surface area contributed by atoms with Crippen molar-refractivity contribution in [3.05, 3.63) is 23.8 Å². The Hall–Kier alpha value is -2.24. The number of likely N-dealkylation sites (N-methyl/N-ethyl adjacent to an activating group) is 1. The van der Waals surface area contributed by atoms with Gasteiger partial charge in [-0.3, -0.25) is 4.79 Å². The van der Waals surface area contributed by atoms with Gasteiger partial charge in [0.05, 0.1) is 17.3 Å². The highest BCUT2D eigenvalue weighted by Gasteiger charge is 2.26. The zero-order chi connectivity index (χ0) is 14.0. The van der Waals surface area contributed by atoms with E-state index in [-0.39, 0.29) is 18.0 Å². The molecular formula is C13H15NO5. The molecule has 1 unspecified atom stereocenters. The average Bonchev–Trinajstić information content (AvgIpc) is 2.37. The van der Waals surface area contributed by atoms with Gasteiger partial charge in [0.1, 0.15) is 12.4 Å². The van der Waals surface area contributed by atoms with Gasteiger partial charge in [-0.15, -0.1) is 0 Å². The third-order valence-corrected chi connectivity index (χ3v) is 3.26. The predicted octanol–water partition coefficient (Wildman–Crippen LogP) is 1.45. The van der Waals surface area contributed by atoms with Crippen LogP contribution in [0, 0.1) is 0 Å². The summed E-state index contributed by atoms with van der Waals surface area (Å²) in [5.41, 5.74) is 0.870. The smallest absolute Gasteiger partial charge is 0.335 e. The summed E-state index contributed by atoms with van der Waals surface area (Å²) in [5, 5.41) is 17.7. The molecule has 1 heterocycles. The Bertz CT molecular complexity index is 514. The Kier molecular flexibility index (Phi) is 3.59. The maximum absolute atomic E-state index is 11.0. The molecule has 0 bridgehead atoms. The largest absolute Gasteiger partial charge is 0.489 e. The standard InChI is InChI=1S/C13H15NO5/c1-14-9(3-5-12(15)16)7-19-11-4-2-8(13(17)18)6-10(11)14/h2,4,6,9H,3,5,7H2,1H3,(H,15,16)(H,17,18). The van der Waals surface area contributed by atoms with Crippen molar-refractivity contribution < 1.29 is 24.5 Å². The lowest BCUT2D eigenvalue weighted by Crippen LogP contribution is -2.40. The molecule has 102 valence electrons. The number of carbonyl (C=O) groups is 2. The Balaban J connectivity index is 2.21. The van der Waals surface area contributed by atoms with Gasteiger partial charge in [0.15, 0.2) is 0 Å². The summed E-state index contributed by atoms with van der Waals surface area (Å²) in [4.78, 5) is 23.4. The number of fused-ring (bicyclic) bond motifs is 1. The van der Waals surface area contributed by atoms with Gasteiger partial charge in [0, 0.05) is 13.5 Å². The normalized spacial score (nSPS) is 17.5. The average molecular weight is 265 g/mol.